The highest BCUT2D eigenvalue weighted by Gasteiger charge is 2.18. The molecule has 0 aliphatic heterocycles. The fourth-order valence-electron chi connectivity index (χ4n) is 2.38. The van der Waals surface area contributed by atoms with Gasteiger partial charge in [0.2, 0.25) is 0 Å². The molecule has 1 saturated carbocycles. The van der Waals surface area contributed by atoms with Crippen molar-refractivity contribution in [2.24, 2.45) is 5.92 Å². The summed E-state index contributed by atoms with van der Waals surface area (Å²) in [6, 6.07) is 1.99. The van der Waals surface area contributed by atoms with Crippen LogP contribution in [-0.2, 0) is 6.54 Å². The molecule has 2 rings (SSSR count). The van der Waals surface area contributed by atoms with Crippen LogP contribution in [0.1, 0.15) is 47.4 Å². The van der Waals surface area contributed by atoms with Crippen LogP contribution in [0.2, 0.25) is 0 Å². The van der Waals surface area contributed by atoms with Gasteiger partial charge in [-0.1, -0.05) is 19.3 Å². The highest BCUT2D eigenvalue weighted by atomic mass is 16.1. The van der Waals surface area contributed by atoms with Gasteiger partial charge in [-0.25, -0.2) is 0 Å². The number of carbonyl (C=O) groups is 1. The van der Waals surface area contributed by atoms with Crippen molar-refractivity contribution in [1.29, 1.82) is 0 Å². The summed E-state index contributed by atoms with van der Waals surface area (Å²) in [5, 5.41) is 0. The monoisotopic (exact) mass is 205 g/mol. The Morgan fingerprint density at radius 1 is 1.47 bits per heavy atom. The molecule has 0 amide bonds. The van der Waals surface area contributed by atoms with Crippen molar-refractivity contribution in [2.45, 2.75) is 46.1 Å². The number of carbonyl (C=O) groups excluding carboxylic acids is 1. The molecule has 0 saturated heterocycles. The first-order valence-electron chi connectivity index (χ1n) is 5.84. The maximum atomic E-state index is 10.8. The SMILES string of the molecule is Cc1cc(C=O)c(C)n1CCC1CCC1. The molecule has 0 bridgehead atoms. The second-order valence-electron chi connectivity index (χ2n) is 4.68. The summed E-state index contributed by atoms with van der Waals surface area (Å²) in [4.78, 5) is 10.8. The third-order valence-corrected chi connectivity index (χ3v) is 3.73. The summed E-state index contributed by atoms with van der Waals surface area (Å²) in [6.45, 7) is 5.20. The molecule has 2 nitrogen and oxygen atoms in total. The number of nitrogens with zero attached hydrogens (tertiary/aromatic N) is 1. The van der Waals surface area contributed by atoms with Crippen LogP contribution in [0.25, 0.3) is 0 Å². The van der Waals surface area contributed by atoms with Crippen LogP contribution in [0, 0.1) is 19.8 Å². The Kier molecular flexibility index (Phi) is 2.94. The Bertz CT molecular complexity index is 361. The summed E-state index contributed by atoms with van der Waals surface area (Å²) >= 11 is 0. The van der Waals surface area contributed by atoms with E-state index in [0.29, 0.717) is 0 Å². The number of rotatable bonds is 4. The fraction of sp³-hybridized carbons (Fsp3) is 0.615. The van der Waals surface area contributed by atoms with Gasteiger partial charge in [-0.15, -0.1) is 0 Å². The molecular weight excluding hydrogens is 186 g/mol. The molecule has 0 N–H and O–H groups in total. The molecule has 1 fully saturated rings. The molecule has 2 heteroatoms. The average Bonchev–Trinajstić information content (AvgIpc) is 2.42. The van der Waals surface area contributed by atoms with E-state index in [4.69, 9.17) is 0 Å². The first kappa shape index (κ1) is 10.5. The Labute approximate surface area is 91.3 Å². The summed E-state index contributed by atoms with van der Waals surface area (Å²) in [6.07, 6.45) is 6.45. The molecule has 1 aliphatic rings. The van der Waals surface area contributed by atoms with Crippen molar-refractivity contribution in [3.8, 4) is 0 Å². The lowest BCUT2D eigenvalue weighted by Gasteiger charge is -2.25. The fourth-order valence-corrected chi connectivity index (χ4v) is 2.38. The van der Waals surface area contributed by atoms with Gasteiger partial charge < -0.3 is 4.57 Å². The van der Waals surface area contributed by atoms with Gasteiger partial charge in [-0.2, -0.15) is 0 Å². The number of aldehydes is 1. The molecule has 0 unspecified atom stereocenters. The molecule has 1 aromatic heterocycles. The van der Waals surface area contributed by atoms with E-state index in [2.05, 4.69) is 11.5 Å². The molecule has 15 heavy (non-hydrogen) atoms. The van der Waals surface area contributed by atoms with Crippen LogP contribution in [0.3, 0.4) is 0 Å². The summed E-state index contributed by atoms with van der Waals surface area (Å²) < 4.78 is 2.28. The zero-order valence-corrected chi connectivity index (χ0v) is 9.62. The largest absolute Gasteiger partial charge is 0.348 e. The van der Waals surface area contributed by atoms with Gasteiger partial charge in [0.1, 0.15) is 0 Å². The predicted molar refractivity (Wildman–Crippen MR) is 61.3 cm³/mol. The Morgan fingerprint density at radius 2 is 2.20 bits per heavy atom. The van der Waals surface area contributed by atoms with Gasteiger partial charge in [-0.05, 0) is 32.3 Å². The highest BCUT2D eigenvalue weighted by molar-refractivity contribution is 5.77. The van der Waals surface area contributed by atoms with Gasteiger partial charge in [0.25, 0.3) is 0 Å². The average molecular weight is 205 g/mol. The maximum Gasteiger partial charge on any atom is 0.151 e. The Balaban J connectivity index is 2.05. The topological polar surface area (TPSA) is 22.0 Å². The van der Waals surface area contributed by atoms with E-state index >= 15 is 0 Å². The molecule has 0 aromatic carbocycles. The molecule has 1 heterocycles. The summed E-state index contributed by atoms with van der Waals surface area (Å²) in [5.41, 5.74) is 3.19. The molecular formula is C13H19NO. The van der Waals surface area contributed by atoms with Crippen LogP contribution >= 0.6 is 0 Å². The number of hydrogen-bond donors (Lipinski definition) is 0. The van der Waals surface area contributed by atoms with E-state index in [1.165, 1.54) is 31.4 Å². The lowest BCUT2D eigenvalue weighted by atomic mass is 9.83. The standard InChI is InChI=1S/C13H19NO/c1-10-8-13(9-15)11(2)14(10)7-6-12-4-3-5-12/h8-9,12H,3-7H2,1-2H3. The second kappa shape index (κ2) is 4.21. The molecule has 0 atom stereocenters. The van der Waals surface area contributed by atoms with Crippen LogP contribution < -0.4 is 0 Å². The van der Waals surface area contributed by atoms with Gasteiger partial charge >= 0.3 is 0 Å². The van der Waals surface area contributed by atoms with E-state index in [9.17, 15) is 4.79 Å². The minimum absolute atomic E-state index is 0.848. The van der Waals surface area contributed by atoms with Crippen molar-refractivity contribution in [3.63, 3.8) is 0 Å². The second-order valence-corrected chi connectivity index (χ2v) is 4.68. The number of hydrogen-bond acceptors (Lipinski definition) is 1. The predicted octanol–water partition coefficient (Wildman–Crippen LogP) is 3.11. The van der Waals surface area contributed by atoms with Gasteiger partial charge in [0.15, 0.2) is 6.29 Å². The van der Waals surface area contributed by atoms with E-state index in [1.807, 2.05) is 13.0 Å². The van der Waals surface area contributed by atoms with Gasteiger partial charge in [0, 0.05) is 23.5 Å². The number of aryl methyl sites for hydroxylation is 1. The first-order valence-corrected chi connectivity index (χ1v) is 5.84. The molecule has 1 aliphatic carbocycles. The van der Waals surface area contributed by atoms with Crippen LogP contribution in [-0.4, -0.2) is 10.9 Å². The Hall–Kier alpha value is -1.05. The molecule has 0 radical (unpaired) electrons. The van der Waals surface area contributed by atoms with Crippen LogP contribution in [0.4, 0.5) is 0 Å². The van der Waals surface area contributed by atoms with E-state index in [0.717, 1.165) is 30.0 Å². The molecule has 1 aromatic rings. The van der Waals surface area contributed by atoms with Gasteiger partial charge in [0.05, 0.1) is 0 Å². The van der Waals surface area contributed by atoms with E-state index < -0.39 is 0 Å². The van der Waals surface area contributed by atoms with Crippen LogP contribution in [0.5, 0.6) is 0 Å². The first-order chi connectivity index (χ1) is 7.22. The van der Waals surface area contributed by atoms with Crippen LogP contribution in [0.15, 0.2) is 6.07 Å². The zero-order valence-electron chi connectivity index (χ0n) is 9.62. The third-order valence-electron chi connectivity index (χ3n) is 3.73. The summed E-state index contributed by atoms with van der Waals surface area (Å²) in [5.74, 6) is 0.936. The van der Waals surface area contributed by atoms with Crippen molar-refractivity contribution in [2.75, 3.05) is 0 Å². The van der Waals surface area contributed by atoms with Crippen molar-refractivity contribution in [3.05, 3.63) is 23.0 Å². The lowest BCUT2D eigenvalue weighted by Crippen LogP contribution is -2.14. The smallest absolute Gasteiger partial charge is 0.151 e. The minimum Gasteiger partial charge on any atom is -0.348 e. The van der Waals surface area contributed by atoms with E-state index in [1.54, 1.807) is 0 Å². The lowest BCUT2D eigenvalue weighted by molar-refractivity contribution is 0.112. The van der Waals surface area contributed by atoms with Crippen molar-refractivity contribution >= 4 is 6.29 Å². The maximum absolute atomic E-state index is 10.8. The zero-order chi connectivity index (χ0) is 10.8. The quantitative estimate of drug-likeness (QED) is 0.692. The molecule has 0 spiro atoms. The summed E-state index contributed by atoms with van der Waals surface area (Å²) in [7, 11) is 0. The number of aromatic nitrogens is 1. The Morgan fingerprint density at radius 3 is 2.67 bits per heavy atom. The third kappa shape index (κ3) is 1.99. The molecule has 82 valence electrons. The normalized spacial score (nSPS) is 16.4. The van der Waals surface area contributed by atoms with Crippen molar-refractivity contribution < 1.29 is 4.79 Å². The van der Waals surface area contributed by atoms with Gasteiger partial charge in [-0.3, -0.25) is 4.79 Å². The minimum atomic E-state index is 0.848. The van der Waals surface area contributed by atoms with E-state index in [-0.39, 0.29) is 0 Å². The highest BCUT2D eigenvalue weighted by Crippen LogP contribution is 2.30. The van der Waals surface area contributed by atoms with Crippen molar-refractivity contribution in [1.82, 2.24) is 4.57 Å².